The number of hydrogen-bond acceptors (Lipinski definition) is 11. The van der Waals surface area contributed by atoms with E-state index < -0.39 is 62.7 Å². The fraction of sp³-hybridized carbons (Fsp3) is 0.683. The molecule has 1 unspecified atom stereocenters. The lowest BCUT2D eigenvalue weighted by atomic mass is 9.93. The molecule has 0 saturated carbocycles. The maximum atomic E-state index is 13.8. The largest absolute Gasteiger partial charge is 0.472 e. The molecule has 3 aromatic rings. The Labute approximate surface area is 347 Å². The number of phosphoric ester groups is 1. The van der Waals surface area contributed by atoms with Crippen molar-refractivity contribution in [2.24, 2.45) is 0 Å². The molecule has 1 aliphatic rings. The van der Waals surface area contributed by atoms with Gasteiger partial charge in [0.2, 0.25) is 0 Å². The summed E-state index contributed by atoms with van der Waals surface area (Å²) in [6, 6.07) is 6.01. The topological polar surface area (TPSA) is 191 Å². The second-order valence-electron chi connectivity index (χ2n) is 15.5. The summed E-state index contributed by atoms with van der Waals surface area (Å²) in [7, 11) is -3.33. The zero-order valence-corrected chi connectivity index (χ0v) is 35.9. The van der Waals surface area contributed by atoms with Gasteiger partial charge in [0.15, 0.2) is 5.82 Å². The molecule has 5 N–H and O–H groups in total. The lowest BCUT2D eigenvalue weighted by molar-refractivity contribution is -0.0890. The first-order valence-electron chi connectivity index (χ1n) is 20.8. The summed E-state index contributed by atoms with van der Waals surface area (Å²) in [6.45, 7) is 3.11. The Morgan fingerprint density at radius 1 is 0.983 bits per heavy atom. The Balaban J connectivity index is 1.22. The molecule has 4 rings (SSSR count). The number of aromatic nitrogens is 3. The summed E-state index contributed by atoms with van der Waals surface area (Å²) in [4.78, 5) is 29.3. The predicted octanol–water partition coefficient (Wildman–Crippen LogP) is 7.99. The molecule has 1 saturated heterocycles. The quantitative estimate of drug-likeness (QED) is 0.0407. The first kappa shape index (κ1) is 48.0. The maximum Gasteiger partial charge on any atom is 0.472 e. The van der Waals surface area contributed by atoms with Crippen LogP contribution in [0.15, 0.2) is 36.7 Å². The van der Waals surface area contributed by atoms with Gasteiger partial charge in [0.05, 0.1) is 36.6 Å². The number of amides is 1. The van der Waals surface area contributed by atoms with Crippen molar-refractivity contribution in [1.82, 2.24) is 19.5 Å². The van der Waals surface area contributed by atoms with Crippen LogP contribution in [0.1, 0.15) is 133 Å². The van der Waals surface area contributed by atoms with Crippen LogP contribution in [0.2, 0.25) is 5.02 Å². The van der Waals surface area contributed by atoms with E-state index in [0.717, 1.165) is 25.3 Å². The number of nitrogens with two attached hydrogens (primary N) is 1. The number of phosphoric acid groups is 1. The molecule has 1 fully saturated rings. The summed E-state index contributed by atoms with van der Waals surface area (Å²) >= 11 is 5.93. The molecule has 58 heavy (non-hydrogen) atoms. The van der Waals surface area contributed by atoms with E-state index in [1.54, 1.807) is 19.1 Å². The number of hydrogen-bond donors (Lipinski definition) is 4. The van der Waals surface area contributed by atoms with E-state index in [2.05, 4.69) is 17.0 Å². The standard InChI is InChI=1S/C41H64ClFN5O9P/c1-4-5-6-7-8-9-10-11-12-13-14-15-16-17-18-19-24-54-26-31(47(3)40(51)30-20-21-33(43)32(42)25-30)27-55-58(52,53)56-28-35-37(49)38(50)41(2,57-35)36-23-22-34-39(44)45-29-46-48(34)36/h20-23,25,29,31,35,37-38,49-50H,4-19,24,26-28H2,1-3H3,(H,52,53)(H2,44,45,46)/t31-,35-,37-,38-,41+/m1/s1. The minimum Gasteiger partial charge on any atom is -0.387 e. The highest BCUT2D eigenvalue weighted by Crippen LogP contribution is 2.46. The number of nitrogens with zero attached hydrogens (tertiary/aromatic N) is 4. The Kier molecular flexibility index (Phi) is 19.8. The first-order valence-corrected chi connectivity index (χ1v) is 22.7. The van der Waals surface area contributed by atoms with Gasteiger partial charge in [-0.3, -0.25) is 13.8 Å². The number of likely N-dealkylation sites (N-methyl/N-ethyl adjacent to an activating group) is 1. The molecule has 6 atom stereocenters. The minimum absolute atomic E-state index is 0.0236. The van der Waals surface area contributed by atoms with Crippen molar-refractivity contribution in [3.05, 3.63) is 58.8 Å². The molecule has 1 aliphatic heterocycles. The lowest BCUT2D eigenvalue weighted by Gasteiger charge is -2.29. The van der Waals surface area contributed by atoms with Crippen LogP contribution in [0.25, 0.3) is 5.52 Å². The fourth-order valence-corrected chi connectivity index (χ4v) is 8.23. The summed E-state index contributed by atoms with van der Waals surface area (Å²) in [5.74, 6) is -1.00. The highest BCUT2D eigenvalue weighted by Gasteiger charge is 2.54. The number of aliphatic hydroxyl groups is 2. The monoisotopic (exact) mass is 855 g/mol. The number of carbonyl (C=O) groups excluding carboxylic acids is 1. The molecular weight excluding hydrogens is 792 g/mol. The molecule has 0 bridgehead atoms. The summed E-state index contributed by atoms with van der Waals surface area (Å²) in [6.07, 6.45) is 17.0. The van der Waals surface area contributed by atoms with Crippen molar-refractivity contribution in [1.29, 1.82) is 0 Å². The lowest BCUT2D eigenvalue weighted by Crippen LogP contribution is -2.43. The summed E-state index contributed by atoms with van der Waals surface area (Å²) in [5.41, 5.74) is 5.39. The van der Waals surface area contributed by atoms with Crippen LogP contribution in [0.4, 0.5) is 10.2 Å². The van der Waals surface area contributed by atoms with Gasteiger partial charge in [-0.1, -0.05) is 115 Å². The van der Waals surface area contributed by atoms with E-state index in [0.29, 0.717) is 17.8 Å². The molecule has 1 aromatic carbocycles. The van der Waals surface area contributed by atoms with E-state index in [1.165, 1.54) is 118 Å². The van der Waals surface area contributed by atoms with Crippen molar-refractivity contribution in [3.8, 4) is 0 Å². The van der Waals surface area contributed by atoms with Crippen LogP contribution in [0.3, 0.4) is 0 Å². The number of rotatable bonds is 28. The first-order chi connectivity index (χ1) is 27.8. The Bertz CT molecular complexity index is 1760. The normalized spacial score (nSPS) is 21.1. The average molecular weight is 856 g/mol. The molecule has 0 aliphatic carbocycles. The van der Waals surface area contributed by atoms with Crippen LogP contribution >= 0.6 is 19.4 Å². The molecule has 1 amide bonds. The molecular formula is C41H64ClFN5O9P. The van der Waals surface area contributed by atoms with E-state index in [1.807, 2.05) is 0 Å². The van der Waals surface area contributed by atoms with Crippen LogP contribution < -0.4 is 5.73 Å². The number of ether oxygens (including phenoxy) is 2. The van der Waals surface area contributed by atoms with Gasteiger partial charge in [-0.05, 0) is 43.7 Å². The van der Waals surface area contributed by atoms with Crippen LogP contribution in [0, 0.1) is 5.82 Å². The fourth-order valence-electron chi connectivity index (χ4n) is 7.28. The van der Waals surface area contributed by atoms with Gasteiger partial charge in [-0.2, -0.15) is 5.10 Å². The SMILES string of the molecule is CCCCCCCCCCCCCCCCCCOC[C@H](COP(=O)(O)OC[C@H]1O[C@@](C)(c2ccc3c(N)ncnn23)[C@H](O)[C@@H]1O)N(C)C(=O)c1ccc(F)c(Cl)c1. The Hall–Kier alpha value is -2.72. The van der Waals surface area contributed by atoms with Gasteiger partial charge >= 0.3 is 7.82 Å². The third kappa shape index (κ3) is 13.9. The van der Waals surface area contributed by atoms with Gasteiger partial charge in [0.1, 0.15) is 41.6 Å². The van der Waals surface area contributed by atoms with Crippen molar-refractivity contribution < 1.29 is 47.4 Å². The van der Waals surface area contributed by atoms with Crippen molar-refractivity contribution in [3.63, 3.8) is 0 Å². The van der Waals surface area contributed by atoms with Crippen molar-refractivity contribution in [2.75, 3.05) is 39.2 Å². The Morgan fingerprint density at radius 2 is 1.59 bits per heavy atom. The summed E-state index contributed by atoms with van der Waals surface area (Å²) in [5, 5.41) is 25.8. The third-order valence-electron chi connectivity index (χ3n) is 11.0. The number of aliphatic hydroxyl groups excluding tert-OH is 2. The predicted molar refractivity (Wildman–Crippen MR) is 221 cm³/mol. The maximum absolute atomic E-state index is 13.8. The second-order valence-corrected chi connectivity index (χ2v) is 17.4. The van der Waals surface area contributed by atoms with Gasteiger partial charge < -0.3 is 35.2 Å². The smallest absolute Gasteiger partial charge is 0.387 e. The second kappa shape index (κ2) is 23.9. The number of nitrogen functional groups attached to an aromatic ring is 1. The van der Waals surface area contributed by atoms with Gasteiger partial charge in [-0.25, -0.2) is 18.5 Å². The van der Waals surface area contributed by atoms with Crippen molar-refractivity contribution in [2.45, 2.75) is 147 Å². The third-order valence-corrected chi connectivity index (χ3v) is 12.2. The highest BCUT2D eigenvalue weighted by molar-refractivity contribution is 7.47. The molecule has 2 aromatic heterocycles. The van der Waals surface area contributed by atoms with Crippen molar-refractivity contribution >= 4 is 36.7 Å². The summed E-state index contributed by atoms with van der Waals surface area (Å²) < 4.78 is 50.9. The molecule has 3 heterocycles. The van der Waals surface area contributed by atoms with Gasteiger partial charge in [0, 0.05) is 19.2 Å². The minimum atomic E-state index is -4.81. The zero-order valence-electron chi connectivity index (χ0n) is 34.3. The molecule has 0 radical (unpaired) electrons. The average Bonchev–Trinajstić information content (AvgIpc) is 3.75. The van der Waals surface area contributed by atoms with E-state index in [4.69, 9.17) is 35.9 Å². The van der Waals surface area contributed by atoms with Gasteiger partial charge in [-0.15, -0.1) is 0 Å². The van der Waals surface area contributed by atoms with E-state index >= 15 is 0 Å². The zero-order chi connectivity index (χ0) is 42.1. The highest BCUT2D eigenvalue weighted by atomic mass is 35.5. The number of anilines is 1. The molecule has 14 nitrogen and oxygen atoms in total. The number of fused-ring (bicyclic) bond motifs is 1. The van der Waals surface area contributed by atoms with E-state index in [-0.39, 0.29) is 23.0 Å². The van der Waals surface area contributed by atoms with Crippen LogP contribution in [-0.4, -0.2) is 98.3 Å². The van der Waals surface area contributed by atoms with Crippen LogP contribution in [-0.2, 0) is 28.7 Å². The van der Waals surface area contributed by atoms with Gasteiger partial charge in [0.25, 0.3) is 5.91 Å². The molecule has 17 heteroatoms. The number of benzene rings is 1. The molecule has 326 valence electrons. The number of unbranched alkanes of at least 4 members (excludes halogenated alkanes) is 15. The van der Waals surface area contributed by atoms with E-state index in [9.17, 15) is 28.9 Å². The van der Waals surface area contributed by atoms with Crippen LogP contribution in [0.5, 0.6) is 0 Å². The Morgan fingerprint density at radius 3 is 2.19 bits per heavy atom. The number of halogens is 2. The number of carbonyl (C=O) groups is 1. The molecule has 0 spiro atoms.